The zero-order valence-corrected chi connectivity index (χ0v) is 41.1. The van der Waals surface area contributed by atoms with Crippen LogP contribution < -0.4 is 5.09 Å². The van der Waals surface area contributed by atoms with Gasteiger partial charge < -0.3 is 9.84 Å². The van der Waals surface area contributed by atoms with Gasteiger partial charge >= 0.3 is 13.7 Å². The van der Waals surface area contributed by atoms with Crippen LogP contribution >= 0.6 is 7.75 Å². The van der Waals surface area contributed by atoms with Crippen molar-refractivity contribution < 1.29 is 28.3 Å². The molecule has 60 heavy (non-hydrogen) atoms. The summed E-state index contributed by atoms with van der Waals surface area (Å²) in [7, 11) is -3.32. The highest BCUT2D eigenvalue weighted by atomic mass is 31.2. The van der Waals surface area contributed by atoms with Gasteiger partial charge in [0.05, 0.1) is 26.4 Å². The molecule has 0 spiro atoms. The molecule has 1 aliphatic rings. The lowest BCUT2D eigenvalue weighted by Crippen LogP contribution is -2.43. The molecule has 0 aromatic carbocycles. The highest BCUT2D eigenvalue weighted by Gasteiger charge is 2.24. The van der Waals surface area contributed by atoms with E-state index >= 15 is 0 Å². The Morgan fingerprint density at radius 2 is 1.00 bits per heavy atom. The summed E-state index contributed by atoms with van der Waals surface area (Å²) in [5.41, 5.74) is 0. The highest BCUT2D eigenvalue weighted by molar-refractivity contribution is 7.51. The fourth-order valence-electron chi connectivity index (χ4n) is 8.57. The first-order chi connectivity index (χ1) is 29.5. The van der Waals surface area contributed by atoms with Gasteiger partial charge in [-0.25, -0.2) is 9.65 Å². The molecule has 358 valence electrons. The van der Waals surface area contributed by atoms with Gasteiger partial charge in [0.15, 0.2) is 0 Å². The van der Waals surface area contributed by atoms with Crippen molar-refractivity contribution in [3.63, 3.8) is 0 Å². The lowest BCUT2D eigenvalue weighted by atomic mass is 9.94. The van der Waals surface area contributed by atoms with E-state index in [9.17, 15) is 14.5 Å². The SMILES string of the molecule is CCCCCCCCCCCOC(=O)CCCCCN(CCN(CCO)CCCCCNP(=O)(OCCCCCCCCC)OCCCCCCCCC)C1CCCCC1. The van der Waals surface area contributed by atoms with Crippen molar-refractivity contribution in [1.29, 1.82) is 0 Å². The molecule has 2 N–H and O–H groups in total. The molecule has 1 fully saturated rings. The van der Waals surface area contributed by atoms with E-state index in [4.69, 9.17) is 13.8 Å². The number of ether oxygens (including phenoxy) is 1. The van der Waals surface area contributed by atoms with E-state index in [2.05, 4.69) is 35.7 Å². The number of carbonyl (C=O) groups excluding carboxylic acids is 1. The minimum Gasteiger partial charge on any atom is -0.466 e. The number of nitrogens with one attached hydrogen (secondary N) is 1. The summed E-state index contributed by atoms with van der Waals surface area (Å²) in [5, 5.41) is 13.1. The first kappa shape index (κ1) is 57.5. The molecule has 0 radical (unpaired) electrons. The largest absolute Gasteiger partial charge is 0.466 e. The van der Waals surface area contributed by atoms with E-state index in [0.717, 1.165) is 96.8 Å². The lowest BCUT2D eigenvalue weighted by molar-refractivity contribution is -0.143. The van der Waals surface area contributed by atoms with Crippen molar-refractivity contribution in [2.45, 2.75) is 252 Å². The highest BCUT2D eigenvalue weighted by Crippen LogP contribution is 2.44. The summed E-state index contributed by atoms with van der Waals surface area (Å²) >= 11 is 0. The van der Waals surface area contributed by atoms with Crippen LogP contribution in [0.5, 0.6) is 0 Å². The molecule has 0 amide bonds. The summed E-state index contributed by atoms with van der Waals surface area (Å²) < 4.78 is 31.1. The number of unbranched alkanes of at least 4 members (excludes halogenated alkanes) is 24. The normalized spacial score (nSPS) is 13.9. The quantitative estimate of drug-likeness (QED) is 0.0352. The van der Waals surface area contributed by atoms with Crippen molar-refractivity contribution in [3.8, 4) is 0 Å². The molecule has 0 heterocycles. The van der Waals surface area contributed by atoms with E-state index in [1.807, 2.05) is 0 Å². The topological polar surface area (TPSA) is 101 Å². The van der Waals surface area contributed by atoms with E-state index in [1.54, 1.807) is 0 Å². The van der Waals surface area contributed by atoms with Crippen molar-refractivity contribution in [2.75, 3.05) is 65.7 Å². The lowest BCUT2D eigenvalue weighted by Gasteiger charge is -2.36. The summed E-state index contributed by atoms with van der Waals surface area (Å²) in [6, 6.07) is 0.652. The number of aliphatic hydroxyl groups is 1. The third kappa shape index (κ3) is 35.9. The first-order valence-corrected chi connectivity index (χ1v) is 27.9. The van der Waals surface area contributed by atoms with E-state index in [0.29, 0.717) is 45.4 Å². The maximum absolute atomic E-state index is 13.7. The van der Waals surface area contributed by atoms with E-state index < -0.39 is 7.75 Å². The number of carbonyl (C=O) groups is 1. The summed E-state index contributed by atoms with van der Waals surface area (Å²) in [5.74, 6) is -0.0255. The number of hydrogen-bond donors (Lipinski definition) is 2. The van der Waals surface area contributed by atoms with Crippen LogP contribution in [0.4, 0.5) is 0 Å². The number of nitrogens with zero attached hydrogens (tertiary/aromatic N) is 2. The Morgan fingerprint density at radius 1 is 0.533 bits per heavy atom. The molecule has 0 aromatic rings. The minimum atomic E-state index is -3.32. The van der Waals surface area contributed by atoms with Gasteiger partial charge in [0, 0.05) is 38.6 Å². The van der Waals surface area contributed by atoms with Gasteiger partial charge in [-0.2, -0.15) is 0 Å². The zero-order valence-electron chi connectivity index (χ0n) is 40.2. The molecule has 10 heteroatoms. The molecule has 9 nitrogen and oxygen atoms in total. The summed E-state index contributed by atoms with van der Waals surface area (Å²) in [4.78, 5) is 17.5. The predicted octanol–water partition coefficient (Wildman–Crippen LogP) is 14.0. The van der Waals surface area contributed by atoms with Crippen LogP contribution in [0.25, 0.3) is 0 Å². The number of hydrogen-bond acceptors (Lipinski definition) is 8. The van der Waals surface area contributed by atoms with Gasteiger partial charge in [0.1, 0.15) is 0 Å². The second kappa shape index (κ2) is 43.7. The second-order valence-electron chi connectivity index (χ2n) is 18.1. The van der Waals surface area contributed by atoms with Crippen LogP contribution in [0.3, 0.4) is 0 Å². The third-order valence-electron chi connectivity index (χ3n) is 12.5. The van der Waals surface area contributed by atoms with Crippen LogP contribution in [0.15, 0.2) is 0 Å². The average molecular weight is 872 g/mol. The van der Waals surface area contributed by atoms with Gasteiger partial charge in [-0.1, -0.05) is 181 Å². The van der Waals surface area contributed by atoms with Gasteiger partial charge in [0.25, 0.3) is 0 Å². The van der Waals surface area contributed by atoms with Crippen LogP contribution in [0.1, 0.15) is 245 Å². The average Bonchev–Trinajstić information content (AvgIpc) is 3.25. The Balaban J connectivity index is 2.40. The van der Waals surface area contributed by atoms with Crippen molar-refractivity contribution in [3.05, 3.63) is 0 Å². The van der Waals surface area contributed by atoms with Gasteiger partial charge in [0.2, 0.25) is 0 Å². The Kier molecular flexibility index (Phi) is 41.9. The molecule has 0 saturated heterocycles. The molecule has 0 atom stereocenters. The maximum atomic E-state index is 13.7. The molecular formula is C50H102N3O6P. The Hall–Kier alpha value is -0.540. The monoisotopic (exact) mass is 872 g/mol. The standard InChI is InChI=1S/C50H102N3O6P/c1-4-7-10-13-16-17-20-21-33-46-57-50(55)38-29-25-32-41-53(49-36-27-24-28-37-49)43-42-52(44-45-54)40-31-26-30-39-51-60(56,58-47-34-22-18-14-11-8-5-2)59-48-35-23-19-15-12-9-6-3/h49,54H,4-48H2,1-3H3,(H,51,56). The van der Waals surface area contributed by atoms with Gasteiger partial charge in [-0.15, -0.1) is 0 Å². The predicted molar refractivity (Wildman–Crippen MR) is 256 cm³/mol. The molecule has 0 bridgehead atoms. The zero-order chi connectivity index (χ0) is 43.5. The van der Waals surface area contributed by atoms with E-state index in [-0.39, 0.29) is 12.6 Å². The molecule has 1 rings (SSSR count). The third-order valence-corrected chi connectivity index (χ3v) is 14.2. The van der Waals surface area contributed by atoms with Gasteiger partial charge in [-0.05, 0) is 70.9 Å². The Bertz CT molecular complexity index is 931. The first-order valence-electron chi connectivity index (χ1n) is 26.3. The molecule has 1 aliphatic carbocycles. The minimum absolute atomic E-state index is 0.0255. The summed E-state index contributed by atoms with van der Waals surface area (Å²) in [6.45, 7) is 13.8. The Morgan fingerprint density at radius 3 is 1.53 bits per heavy atom. The van der Waals surface area contributed by atoms with Crippen molar-refractivity contribution in [1.82, 2.24) is 14.9 Å². The molecule has 0 unspecified atom stereocenters. The maximum Gasteiger partial charge on any atom is 0.405 e. The fraction of sp³-hybridized carbons (Fsp3) is 0.980. The molecular weight excluding hydrogens is 770 g/mol. The number of esters is 1. The van der Waals surface area contributed by atoms with Gasteiger partial charge in [-0.3, -0.25) is 23.6 Å². The summed E-state index contributed by atoms with van der Waals surface area (Å²) in [6.07, 6.45) is 41.4. The van der Waals surface area contributed by atoms with Crippen LogP contribution in [0, 0.1) is 0 Å². The number of aliphatic hydroxyl groups excluding tert-OH is 1. The van der Waals surface area contributed by atoms with Crippen LogP contribution in [-0.4, -0.2) is 92.6 Å². The van der Waals surface area contributed by atoms with Crippen LogP contribution in [-0.2, 0) is 23.1 Å². The van der Waals surface area contributed by atoms with Crippen molar-refractivity contribution >= 4 is 13.7 Å². The molecule has 0 aromatic heterocycles. The Labute approximate surface area is 373 Å². The van der Waals surface area contributed by atoms with Crippen molar-refractivity contribution in [2.24, 2.45) is 0 Å². The smallest absolute Gasteiger partial charge is 0.405 e. The molecule has 0 aliphatic heterocycles. The van der Waals surface area contributed by atoms with Crippen LogP contribution in [0.2, 0.25) is 0 Å². The second-order valence-corrected chi connectivity index (χ2v) is 20.0. The molecule has 1 saturated carbocycles. The number of rotatable bonds is 47. The fourth-order valence-corrected chi connectivity index (χ4v) is 10.00. The van der Waals surface area contributed by atoms with E-state index in [1.165, 1.54) is 148 Å².